The van der Waals surface area contributed by atoms with Gasteiger partial charge in [0.25, 0.3) is 0 Å². The highest BCUT2D eigenvalue weighted by Crippen LogP contribution is 2.34. The maximum Gasteiger partial charge on any atom is 0.246 e. The van der Waals surface area contributed by atoms with Gasteiger partial charge in [0.15, 0.2) is 0 Å². The Balaban J connectivity index is 2.50. The molecule has 1 aliphatic heterocycles. The van der Waals surface area contributed by atoms with E-state index in [0.717, 1.165) is 0 Å². The molecule has 0 aromatic heterocycles. The Kier molecular flexibility index (Phi) is 4.27. The van der Waals surface area contributed by atoms with Gasteiger partial charge in [0.1, 0.15) is 4.90 Å². The number of morpholine rings is 1. The molecule has 2 N–H and O–H groups in total. The summed E-state index contributed by atoms with van der Waals surface area (Å²) in [5.41, 5.74) is 5.90. The molecule has 0 aliphatic carbocycles. The van der Waals surface area contributed by atoms with Crippen LogP contribution in [0.3, 0.4) is 0 Å². The van der Waals surface area contributed by atoms with E-state index in [1.807, 2.05) is 0 Å². The Morgan fingerprint density at radius 2 is 1.95 bits per heavy atom. The minimum Gasteiger partial charge on any atom is -0.399 e. The van der Waals surface area contributed by atoms with E-state index in [-0.39, 0.29) is 27.5 Å². The summed E-state index contributed by atoms with van der Waals surface area (Å²) in [5, 5.41) is 0.0624. The Labute approximate surface area is 122 Å². The summed E-state index contributed by atoms with van der Waals surface area (Å²) in [7, 11) is -3.76. The number of benzene rings is 1. The second-order valence-electron chi connectivity index (χ2n) is 4.35. The molecule has 0 saturated carbocycles. The average Bonchev–Trinajstić information content (AvgIpc) is 2.27. The standard InChI is InChI=1S/C11H14Cl2N2O3S/c1-7-6-18-3-2-15(7)19(16,17)11-9(12)4-8(14)5-10(11)13/h4-5,7H,2-3,6,14H2,1H3/t7-/m1/s1. The molecule has 1 atom stereocenters. The summed E-state index contributed by atoms with van der Waals surface area (Å²) < 4.78 is 31.8. The number of ether oxygens (including phenoxy) is 1. The smallest absolute Gasteiger partial charge is 0.246 e. The highest BCUT2D eigenvalue weighted by molar-refractivity contribution is 7.89. The molecule has 1 fully saturated rings. The summed E-state index contributed by atoms with van der Waals surface area (Å²) in [6.07, 6.45) is 0. The molecule has 1 heterocycles. The molecule has 5 nitrogen and oxygen atoms in total. The number of hydrogen-bond acceptors (Lipinski definition) is 4. The molecule has 0 spiro atoms. The lowest BCUT2D eigenvalue weighted by atomic mass is 10.3. The summed E-state index contributed by atoms with van der Waals surface area (Å²) in [6.45, 7) is 2.76. The Morgan fingerprint density at radius 1 is 1.37 bits per heavy atom. The van der Waals surface area contributed by atoms with E-state index >= 15 is 0 Å². The molecule has 0 unspecified atom stereocenters. The number of hydrogen-bond donors (Lipinski definition) is 1. The van der Waals surface area contributed by atoms with Gasteiger partial charge >= 0.3 is 0 Å². The van der Waals surface area contributed by atoms with Crippen molar-refractivity contribution in [2.45, 2.75) is 17.9 Å². The normalized spacial score (nSPS) is 21.5. The summed E-state index contributed by atoms with van der Waals surface area (Å²) in [6, 6.07) is 2.50. The van der Waals surface area contributed by atoms with E-state index in [2.05, 4.69) is 0 Å². The number of nitrogens with two attached hydrogens (primary N) is 1. The third-order valence-corrected chi connectivity index (χ3v) is 5.83. The van der Waals surface area contributed by atoms with Crippen LogP contribution in [0.2, 0.25) is 10.0 Å². The second-order valence-corrected chi connectivity index (χ2v) is 7.00. The number of rotatable bonds is 2. The average molecular weight is 325 g/mol. The predicted octanol–water partition coefficient (Wildman–Crippen LogP) is 1.99. The molecule has 106 valence electrons. The van der Waals surface area contributed by atoms with Gasteiger partial charge in [-0.15, -0.1) is 0 Å². The molecule has 1 aliphatic rings. The predicted molar refractivity (Wildman–Crippen MR) is 75.0 cm³/mol. The van der Waals surface area contributed by atoms with Gasteiger partial charge in [-0.05, 0) is 19.1 Å². The van der Waals surface area contributed by atoms with Crippen molar-refractivity contribution >= 4 is 38.9 Å². The van der Waals surface area contributed by atoms with Gasteiger partial charge in [-0.2, -0.15) is 4.31 Å². The first kappa shape index (κ1) is 14.9. The van der Waals surface area contributed by atoms with Crippen LogP contribution < -0.4 is 5.73 Å². The van der Waals surface area contributed by atoms with Crippen LogP contribution in [0.4, 0.5) is 5.69 Å². The van der Waals surface area contributed by atoms with Crippen molar-refractivity contribution < 1.29 is 13.2 Å². The molecular weight excluding hydrogens is 311 g/mol. The summed E-state index contributed by atoms with van der Waals surface area (Å²) in [5.74, 6) is 0. The molecule has 2 rings (SSSR count). The van der Waals surface area contributed by atoms with Crippen LogP contribution in [0.1, 0.15) is 6.92 Å². The zero-order chi connectivity index (χ0) is 14.2. The SMILES string of the molecule is C[C@@H]1COCCN1S(=O)(=O)c1c(Cl)cc(N)cc1Cl. The van der Waals surface area contributed by atoms with E-state index in [1.54, 1.807) is 6.92 Å². The molecule has 0 amide bonds. The highest BCUT2D eigenvalue weighted by Gasteiger charge is 2.34. The van der Waals surface area contributed by atoms with Crippen molar-refractivity contribution in [1.29, 1.82) is 0 Å². The second kappa shape index (κ2) is 5.46. The lowest BCUT2D eigenvalue weighted by molar-refractivity contribution is 0.0393. The van der Waals surface area contributed by atoms with Crippen molar-refractivity contribution in [1.82, 2.24) is 4.31 Å². The molecule has 0 radical (unpaired) electrons. The number of anilines is 1. The lowest BCUT2D eigenvalue weighted by Crippen LogP contribution is -2.47. The van der Waals surface area contributed by atoms with Crippen LogP contribution in [0.25, 0.3) is 0 Å². The fourth-order valence-corrected chi connectivity index (χ4v) is 4.80. The van der Waals surface area contributed by atoms with Gasteiger partial charge < -0.3 is 10.5 Å². The number of sulfonamides is 1. The van der Waals surface area contributed by atoms with E-state index in [4.69, 9.17) is 33.7 Å². The monoisotopic (exact) mass is 324 g/mol. The first-order valence-electron chi connectivity index (χ1n) is 5.68. The minimum atomic E-state index is -3.76. The highest BCUT2D eigenvalue weighted by atomic mass is 35.5. The van der Waals surface area contributed by atoms with E-state index < -0.39 is 10.0 Å². The molecule has 8 heteroatoms. The third kappa shape index (κ3) is 2.83. The van der Waals surface area contributed by atoms with Gasteiger partial charge in [0, 0.05) is 18.3 Å². The van der Waals surface area contributed by atoms with E-state index in [9.17, 15) is 8.42 Å². The quantitative estimate of drug-likeness (QED) is 0.844. The van der Waals surface area contributed by atoms with Crippen LogP contribution in [0.15, 0.2) is 17.0 Å². The topological polar surface area (TPSA) is 72.6 Å². The van der Waals surface area contributed by atoms with Crippen LogP contribution in [0, 0.1) is 0 Å². The Bertz CT molecular complexity index is 569. The fraction of sp³-hybridized carbons (Fsp3) is 0.455. The molecule has 1 saturated heterocycles. The number of nitrogens with zero attached hydrogens (tertiary/aromatic N) is 1. The Hall–Kier alpha value is -0.530. The van der Waals surface area contributed by atoms with Crippen molar-refractivity contribution in [2.24, 2.45) is 0 Å². The van der Waals surface area contributed by atoms with Crippen LogP contribution in [-0.2, 0) is 14.8 Å². The first-order chi connectivity index (χ1) is 8.84. The van der Waals surface area contributed by atoms with Crippen molar-refractivity contribution in [3.63, 3.8) is 0 Å². The Morgan fingerprint density at radius 3 is 2.47 bits per heavy atom. The molecule has 1 aromatic carbocycles. The van der Waals surface area contributed by atoms with Crippen molar-refractivity contribution in [3.8, 4) is 0 Å². The number of nitrogen functional groups attached to an aromatic ring is 1. The van der Waals surface area contributed by atoms with Crippen LogP contribution >= 0.6 is 23.2 Å². The van der Waals surface area contributed by atoms with Gasteiger partial charge in [-0.25, -0.2) is 8.42 Å². The van der Waals surface area contributed by atoms with Crippen molar-refractivity contribution in [2.75, 3.05) is 25.5 Å². The first-order valence-corrected chi connectivity index (χ1v) is 7.87. The minimum absolute atomic E-state index is 0.0312. The van der Waals surface area contributed by atoms with Gasteiger partial charge in [0.2, 0.25) is 10.0 Å². The van der Waals surface area contributed by atoms with Crippen LogP contribution in [0.5, 0.6) is 0 Å². The molecule has 19 heavy (non-hydrogen) atoms. The zero-order valence-electron chi connectivity index (χ0n) is 10.3. The molecule has 1 aromatic rings. The lowest BCUT2D eigenvalue weighted by Gasteiger charge is -2.32. The third-order valence-electron chi connectivity index (χ3n) is 2.89. The van der Waals surface area contributed by atoms with E-state index in [0.29, 0.717) is 18.9 Å². The van der Waals surface area contributed by atoms with Gasteiger partial charge in [-0.1, -0.05) is 23.2 Å². The fourth-order valence-electron chi connectivity index (χ4n) is 2.01. The molecule has 0 bridgehead atoms. The molecular formula is C11H14Cl2N2O3S. The zero-order valence-corrected chi connectivity index (χ0v) is 12.6. The van der Waals surface area contributed by atoms with Gasteiger partial charge in [-0.3, -0.25) is 0 Å². The maximum absolute atomic E-state index is 12.6. The summed E-state index contributed by atoms with van der Waals surface area (Å²) in [4.78, 5) is -0.0983. The largest absolute Gasteiger partial charge is 0.399 e. The van der Waals surface area contributed by atoms with Gasteiger partial charge in [0.05, 0.1) is 23.3 Å². The van der Waals surface area contributed by atoms with Crippen molar-refractivity contribution in [3.05, 3.63) is 22.2 Å². The summed E-state index contributed by atoms with van der Waals surface area (Å²) >= 11 is 12.0. The van der Waals surface area contributed by atoms with Crippen LogP contribution in [-0.4, -0.2) is 38.5 Å². The number of halogens is 2. The maximum atomic E-state index is 12.6. The van der Waals surface area contributed by atoms with E-state index in [1.165, 1.54) is 16.4 Å².